The number of rotatable bonds is 4. The lowest BCUT2D eigenvalue weighted by molar-refractivity contribution is -0.128. The molecule has 1 atom stereocenters. The van der Waals surface area contributed by atoms with E-state index in [0.717, 1.165) is 41.2 Å². The van der Waals surface area contributed by atoms with Crippen molar-refractivity contribution in [3.05, 3.63) is 65.0 Å². The largest absolute Gasteiger partial charge is 0.345 e. The number of nitrogens with one attached hydrogen (secondary N) is 1. The second-order valence-electron chi connectivity index (χ2n) is 6.96. The minimum Gasteiger partial charge on any atom is -0.345 e. The zero-order chi connectivity index (χ0) is 18.8. The predicted octanol–water partition coefficient (Wildman–Crippen LogP) is 3.92. The molecule has 1 fully saturated rings. The second-order valence-corrected chi connectivity index (χ2v) is 8.10. The normalized spacial score (nSPS) is 19.1. The number of hydrogen-bond donors (Lipinski definition) is 1. The zero-order valence-electron chi connectivity index (χ0n) is 14.9. The van der Waals surface area contributed by atoms with Crippen molar-refractivity contribution in [1.29, 1.82) is 0 Å². The first-order valence-electron chi connectivity index (χ1n) is 9.20. The minimum absolute atomic E-state index is 0.161. The Morgan fingerprint density at radius 2 is 2.04 bits per heavy atom. The average molecular weight is 384 g/mol. The number of benzene rings is 2. The summed E-state index contributed by atoms with van der Waals surface area (Å²) in [6, 6.07) is 11.9. The summed E-state index contributed by atoms with van der Waals surface area (Å²) >= 11 is 1.69. The van der Waals surface area contributed by atoms with E-state index in [1.807, 2.05) is 17.0 Å². The molecule has 2 heterocycles. The molecule has 0 saturated carbocycles. The molecular weight excluding hydrogens is 363 g/mol. The Balaban J connectivity index is 1.43. The Morgan fingerprint density at radius 1 is 1.22 bits per heavy atom. The van der Waals surface area contributed by atoms with Gasteiger partial charge in [0.25, 0.3) is 5.91 Å². The van der Waals surface area contributed by atoms with Crippen molar-refractivity contribution in [2.45, 2.75) is 36.7 Å². The van der Waals surface area contributed by atoms with Gasteiger partial charge in [0.2, 0.25) is 5.91 Å². The average Bonchev–Trinajstić information content (AvgIpc) is 3.07. The predicted molar refractivity (Wildman–Crippen MR) is 103 cm³/mol. The van der Waals surface area contributed by atoms with E-state index in [0.29, 0.717) is 18.5 Å². The fourth-order valence-electron chi connectivity index (χ4n) is 3.61. The van der Waals surface area contributed by atoms with Gasteiger partial charge in [-0.2, -0.15) is 0 Å². The molecule has 0 bridgehead atoms. The number of fused-ring (bicyclic) bond motifs is 1. The van der Waals surface area contributed by atoms with Gasteiger partial charge in [-0.1, -0.05) is 12.1 Å². The summed E-state index contributed by atoms with van der Waals surface area (Å²) in [5.74, 6) is 0.645. The smallest absolute Gasteiger partial charge is 0.251 e. The van der Waals surface area contributed by atoms with Crippen LogP contribution >= 0.6 is 11.8 Å². The van der Waals surface area contributed by atoms with Crippen LogP contribution in [0.4, 0.5) is 4.39 Å². The molecule has 1 N–H and O–H groups in total. The van der Waals surface area contributed by atoms with Gasteiger partial charge in [-0.25, -0.2) is 4.39 Å². The van der Waals surface area contributed by atoms with Crippen molar-refractivity contribution in [3.63, 3.8) is 0 Å². The first-order valence-corrected chi connectivity index (χ1v) is 10.2. The Kier molecular flexibility index (Phi) is 5.16. The topological polar surface area (TPSA) is 49.4 Å². The fourth-order valence-corrected chi connectivity index (χ4v) is 4.72. The third-order valence-electron chi connectivity index (χ3n) is 5.08. The molecule has 2 aromatic carbocycles. The molecule has 0 aliphatic carbocycles. The Morgan fingerprint density at radius 3 is 2.78 bits per heavy atom. The summed E-state index contributed by atoms with van der Waals surface area (Å²) in [6.45, 7) is 1.39. The number of halogens is 1. The van der Waals surface area contributed by atoms with Crippen LogP contribution in [0.1, 0.15) is 46.8 Å². The highest BCUT2D eigenvalue weighted by molar-refractivity contribution is 7.99. The maximum Gasteiger partial charge on any atom is 0.251 e. The van der Waals surface area contributed by atoms with Gasteiger partial charge in [-0.05, 0) is 54.3 Å². The van der Waals surface area contributed by atoms with Crippen LogP contribution in [0.3, 0.4) is 0 Å². The lowest BCUT2D eigenvalue weighted by atomic mass is 10.0. The lowest BCUT2D eigenvalue weighted by Gasteiger charge is -2.26. The molecule has 2 aliphatic rings. The van der Waals surface area contributed by atoms with Crippen molar-refractivity contribution in [3.8, 4) is 0 Å². The molecule has 0 radical (unpaired) electrons. The first-order chi connectivity index (χ1) is 13.1. The number of carbonyl (C=O) groups excluding carboxylic acids is 2. The molecule has 2 aliphatic heterocycles. The van der Waals surface area contributed by atoms with E-state index in [-0.39, 0.29) is 23.7 Å². The van der Waals surface area contributed by atoms with E-state index < -0.39 is 0 Å². The van der Waals surface area contributed by atoms with Crippen LogP contribution in [0.2, 0.25) is 0 Å². The molecule has 4 nitrogen and oxygen atoms in total. The Bertz CT molecular complexity index is 869. The van der Waals surface area contributed by atoms with Crippen molar-refractivity contribution in [2.75, 3.05) is 12.3 Å². The summed E-state index contributed by atoms with van der Waals surface area (Å²) < 4.78 is 13.6. The summed E-state index contributed by atoms with van der Waals surface area (Å²) in [6.07, 6.45) is 2.32. The third kappa shape index (κ3) is 4.00. The highest BCUT2D eigenvalue weighted by atomic mass is 32.2. The molecule has 2 amide bonds. The van der Waals surface area contributed by atoms with E-state index in [1.54, 1.807) is 30.0 Å². The standard InChI is InChI=1S/C21H21FN2O2S/c22-16-7-8-19-17(12-16)18(9-11-27-19)23-21(26)15-5-3-14(4-6-15)13-24-10-1-2-20(24)25/h3-8,12,18H,1-2,9-11,13H2,(H,23,26). The van der Waals surface area contributed by atoms with Crippen LogP contribution in [-0.2, 0) is 11.3 Å². The molecule has 0 spiro atoms. The summed E-state index contributed by atoms with van der Waals surface area (Å²) in [7, 11) is 0. The molecule has 1 saturated heterocycles. The monoisotopic (exact) mass is 384 g/mol. The van der Waals surface area contributed by atoms with Gasteiger partial charge in [0.05, 0.1) is 6.04 Å². The molecule has 0 aromatic heterocycles. The summed E-state index contributed by atoms with van der Waals surface area (Å²) in [5, 5.41) is 3.03. The summed E-state index contributed by atoms with van der Waals surface area (Å²) in [5.41, 5.74) is 2.44. The zero-order valence-corrected chi connectivity index (χ0v) is 15.7. The number of thioether (sulfide) groups is 1. The van der Waals surface area contributed by atoms with Crippen LogP contribution < -0.4 is 5.32 Å². The van der Waals surface area contributed by atoms with E-state index in [1.165, 1.54) is 12.1 Å². The highest BCUT2D eigenvalue weighted by Gasteiger charge is 2.24. The van der Waals surface area contributed by atoms with Crippen LogP contribution in [0.15, 0.2) is 47.4 Å². The van der Waals surface area contributed by atoms with Crippen LogP contribution in [0.25, 0.3) is 0 Å². The number of likely N-dealkylation sites (tertiary alicyclic amines) is 1. The SMILES string of the molecule is O=C(NC1CCSc2ccc(F)cc21)c1ccc(CN2CCCC2=O)cc1. The fraction of sp³-hybridized carbons (Fsp3) is 0.333. The van der Waals surface area contributed by atoms with Crippen molar-refractivity contribution in [1.82, 2.24) is 10.2 Å². The number of amides is 2. The van der Waals surface area contributed by atoms with E-state index in [2.05, 4.69) is 5.32 Å². The van der Waals surface area contributed by atoms with Gasteiger partial charge in [-0.3, -0.25) is 9.59 Å². The van der Waals surface area contributed by atoms with E-state index >= 15 is 0 Å². The van der Waals surface area contributed by atoms with Gasteiger partial charge < -0.3 is 10.2 Å². The Hall–Kier alpha value is -2.34. The van der Waals surface area contributed by atoms with Crippen LogP contribution in [0, 0.1) is 5.82 Å². The van der Waals surface area contributed by atoms with Gasteiger partial charge in [0.15, 0.2) is 0 Å². The summed E-state index contributed by atoms with van der Waals surface area (Å²) in [4.78, 5) is 27.2. The highest BCUT2D eigenvalue weighted by Crippen LogP contribution is 2.36. The van der Waals surface area contributed by atoms with Gasteiger partial charge in [0.1, 0.15) is 5.82 Å². The van der Waals surface area contributed by atoms with Gasteiger partial charge >= 0.3 is 0 Å². The molecule has 2 aromatic rings. The first kappa shape index (κ1) is 18.0. The van der Waals surface area contributed by atoms with Crippen molar-refractivity contribution in [2.24, 2.45) is 0 Å². The second kappa shape index (κ2) is 7.72. The number of nitrogens with zero attached hydrogens (tertiary/aromatic N) is 1. The quantitative estimate of drug-likeness (QED) is 0.869. The van der Waals surface area contributed by atoms with Gasteiger partial charge in [-0.15, -0.1) is 11.8 Å². The minimum atomic E-state index is -0.281. The number of hydrogen-bond acceptors (Lipinski definition) is 3. The molecule has 27 heavy (non-hydrogen) atoms. The van der Waals surface area contributed by atoms with Crippen LogP contribution in [0.5, 0.6) is 0 Å². The van der Waals surface area contributed by atoms with Crippen molar-refractivity contribution < 1.29 is 14.0 Å². The van der Waals surface area contributed by atoms with Gasteiger partial charge in [0, 0.05) is 35.7 Å². The molecule has 140 valence electrons. The maximum atomic E-state index is 13.6. The molecular formula is C21H21FN2O2S. The van der Waals surface area contributed by atoms with E-state index in [9.17, 15) is 14.0 Å². The van der Waals surface area contributed by atoms with E-state index in [4.69, 9.17) is 0 Å². The molecule has 1 unspecified atom stereocenters. The molecule has 6 heteroatoms. The number of carbonyl (C=O) groups is 2. The molecule has 4 rings (SSSR count). The third-order valence-corrected chi connectivity index (χ3v) is 6.20. The van der Waals surface area contributed by atoms with Crippen molar-refractivity contribution >= 4 is 23.6 Å². The maximum absolute atomic E-state index is 13.6. The van der Waals surface area contributed by atoms with Crippen LogP contribution in [-0.4, -0.2) is 29.0 Å². The Labute approximate surface area is 162 Å². The lowest BCUT2D eigenvalue weighted by Crippen LogP contribution is -2.30.